The van der Waals surface area contributed by atoms with E-state index in [2.05, 4.69) is 20.2 Å². The van der Waals surface area contributed by atoms with Crippen molar-refractivity contribution < 1.29 is 19.5 Å². The fraction of sp³-hybridized carbons (Fsp3) is 0.615. The molecule has 1 aromatic rings. The zero-order valence-corrected chi connectivity index (χ0v) is 15.6. The maximum atomic E-state index is 11.9. The van der Waals surface area contributed by atoms with Gasteiger partial charge in [0.2, 0.25) is 5.69 Å². The Balaban J connectivity index is 2.00. The van der Waals surface area contributed by atoms with Gasteiger partial charge in [0.1, 0.15) is 5.71 Å². The summed E-state index contributed by atoms with van der Waals surface area (Å²) in [5.41, 5.74) is 1.35. The van der Waals surface area contributed by atoms with E-state index >= 15 is 0 Å². The van der Waals surface area contributed by atoms with E-state index in [4.69, 9.17) is 12.2 Å². The number of thioether (sulfide) groups is 1. The molecule has 1 aliphatic carbocycles. The molecule has 0 bridgehead atoms. The van der Waals surface area contributed by atoms with Crippen LogP contribution >= 0.6 is 24.0 Å². The normalized spacial score (nSPS) is 23.7. The van der Waals surface area contributed by atoms with Crippen molar-refractivity contribution in [3.8, 4) is 0 Å². The van der Waals surface area contributed by atoms with Crippen molar-refractivity contribution in [2.45, 2.75) is 44.0 Å². The molecule has 2 N–H and O–H groups in total. The molecule has 2 amide bonds. The largest absolute Gasteiger partial charge is 0.359 e. The number of amides is 2. The minimum atomic E-state index is -0.811. The number of hydrogen-bond acceptors (Lipinski definition) is 8. The Bertz CT molecular complexity index is 749. The quantitative estimate of drug-likeness (QED) is 0.332. The first-order valence-corrected chi connectivity index (χ1v) is 8.87. The van der Waals surface area contributed by atoms with Crippen LogP contribution in [0.4, 0.5) is 4.79 Å². The lowest BCUT2D eigenvalue weighted by Gasteiger charge is -2.34. The average Bonchev–Trinajstić information content (AvgIpc) is 3.04. The van der Waals surface area contributed by atoms with Crippen LogP contribution in [0.5, 0.6) is 0 Å². The molecule has 0 unspecified atom stereocenters. The van der Waals surface area contributed by atoms with Gasteiger partial charge >= 0.3 is 6.03 Å². The van der Waals surface area contributed by atoms with Gasteiger partial charge < -0.3 is 10.5 Å². The van der Waals surface area contributed by atoms with Crippen LogP contribution in [0.1, 0.15) is 38.1 Å². The Kier molecular flexibility index (Phi) is 4.60. The summed E-state index contributed by atoms with van der Waals surface area (Å²) in [5, 5.41) is 34.6. The van der Waals surface area contributed by atoms with Crippen LogP contribution in [0, 0.1) is 5.21 Å². The van der Waals surface area contributed by atoms with Crippen LogP contribution in [-0.4, -0.2) is 54.5 Å². The first-order chi connectivity index (χ1) is 11.8. The van der Waals surface area contributed by atoms with E-state index in [1.54, 1.807) is 0 Å². The lowest BCUT2D eigenvalue weighted by atomic mass is 9.99. The highest BCUT2D eigenvalue weighted by Crippen LogP contribution is 2.43. The fourth-order valence-electron chi connectivity index (χ4n) is 2.90. The molecule has 0 saturated carbocycles. The molecule has 0 spiro atoms. The van der Waals surface area contributed by atoms with Crippen LogP contribution < -0.4 is 10.2 Å². The van der Waals surface area contributed by atoms with Crippen LogP contribution in [0.25, 0.3) is 0 Å². The van der Waals surface area contributed by atoms with Gasteiger partial charge in [-0.25, -0.2) is 9.80 Å². The van der Waals surface area contributed by atoms with E-state index in [1.807, 2.05) is 13.8 Å². The first kappa shape index (κ1) is 17.9. The van der Waals surface area contributed by atoms with E-state index in [-0.39, 0.29) is 0 Å². The number of urea groups is 1. The van der Waals surface area contributed by atoms with Gasteiger partial charge in [0.05, 0.1) is 4.75 Å². The number of nitrogens with zero attached hydrogens (tertiary/aromatic N) is 5. The van der Waals surface area contributed by atoms with Gasteiger partial charge in [0.25, 0.3) is 5.69 Å². The van der Waals surface area contributed by atoms with Crippen LogP contribution in [0.2, 0.25) is 0 Å². The number of nitrogens with one attached hydrogen (secondary N) is 1. The Morgan fingerprint density at radius 2 is 2.36 bits per heavy atom. The number of rotatable bonds is 2. The Morgan fingerprint density at radius 1 is 1.64 bits per heavy atom. The summed E-state index contributed by atoms with van der Waals surface area (Å²) >= 11 is 6.71. The zero-order valence-electron chi connectivity index (χ0n) is 13.9. The molecule has 1 aromatic heterocycles. The number of carbonyl (C=O) groups is 1. The molecule has 1 fully saturated rings. The van der Waals surface area contributed by atoms with Gasteiger partial charge in [-0.2, -0.15) is 10.2 Å². The summed E-state index contributed by atoms with van der Waals surface area (Å²) in [6, 6.07) is -0.670. The number of thiocarbonyl (C=S) groups is 1. The molecule has 25 heavy (non-hydrogen) atoms. The van der Waals surface area contributed by atoms with Gasteiger partial charge in [0.15, 0.2) is 10.5 Å². The number of aromatic nitrogens is 2. The highest BCUT2D eigenvalue weighted by Gasteiger charge is 2.50. The third kappa shape index (κ3) is 3.04. The molecule has 3 rings (SSSR count). The third-order valence-electron chi connectivity index (χ3n) is 4.07. The summed E-state index contributed by atoms with van der Waals surface area (Å²) in [4.78, 5) is 12.3. The topological polar surface area (TPSA) is 121 Å². The maximum Gasteiger partial charge on any atom is 0.343 e. The highest BCUT2D eigenvalue weighted by molar-refractivity contribution is 8.24. The lowest BCUT2D eigenvalue weighted by molar-refractivity contribution is -0.808. The summed E-state index contributed by atoms with van der Waals surface area (Å²) in [7, 11) is 1.42. The fourth-order valence-corrected chi connectivity index (χ4v) is 4.68. The number of hydrazone groups is 1. The third-order valence-corrected chi connectivity index (χ3v) is 5.61. The summed E-state index contributed by atoms with van der Waals surface area (Å²) < 4.78 is 4.48. The van der Waals surface area contributed by atoms with E-state index in [0.717, 1.165) is 6.42 Å². The monoisotopic (exact) mass is 386 g/mol. The Hall–Kier alpha value is -1.92. The number of carbonyl (C=O) groups excluding carboxylic acids is 1. The van der Waals surface area contributed by atoms with E-state index in [9.17, 15) is 15.2 Å². The highest BCUT2D eigenvalue weighted by atomic mass is 32.2. The predicted molar refractivity (Wildman–Crippen MR) is 92.9 cm³/mol. The summed E-state index contributed by atoms with van der Waals surface area (Å²) in [5.74, 6) is 0. The van der Waals surface area contributed by atoms with Crippen molar-refractivity contribution in [3.63, 3.8) is 0 Å². The molecule has 0 aromatic carbocycles. The molecule has 136 valence electrons. The van der Waals surface area contributed by atoms with Gasteiger partial charge in [-0.3, -0.25) is 9.84 Å². The standard InChI is InChI=1S/C13H18N6O4S2/c1-13(2)10(18(21)11(20)14-3)17(12(24)25-13)15-7-5-4-6-8-9(7)16-23-19(8)22/h10,21H,4-6H2,1-3H3,(H,14,20)/b15-7-/t10-/m0/s1. The van der Waals surface area contributed by atoms with Crippen molar-refractivity contribution in [1.29, 1.82) is 0 Å². The van der Waals surface area contributed by atoms with E-state index in [0.29, 0.717) is 44.2 Å². The molecule has 0 radical (unpaired) electrons. The minimum absolute atomic E-state index is 0.380. The zero-order chi connectivity index (χ0) is 18.4. The van der Waals surface area contributed by atoms with Crippen molar-refractivity contribution in [2.24, 2.45) is 5.10 Å². The molecule has 2 heterocycles. The van der Waals surface area contributed by atoms with Crippen LogP contribution in [-0.2, 0) is 6.42 Å². The smallest absolute Gasteiger partial charge is 0.343 e. The van der Waals surface area contributed by atoms with Crippen molar-refractivity contribution in [3.05, 3.63) is 16.6 Å². The van der Waals surface area contributed by atoms with Crippen molar-refractivity contribution in [2.75, 3.05) is 7.05 Å². The predicted octanol–water partition coefficient (Wildman–Crippen LogP) is 0.817. The van der Waals surface area contributed by atoms with Gasteiger partial charge in [0, 0.05) is 18.6 Å². The molecule has 1 aliphatic heterocycles. The SMILES string of the molecule is CNC(=O)N(O)[C@@H]1N(/N=C2/CCCc3c2no[n+]3[O-])C(=S)SC1(C)C. The number of hydroxylamine groups is 2. The molecular weight excluding hydrogens is 368 g/mol. The minimum Gasteiger partial charge on any atom is -0.359 e. The Labute approximate surface area is 153 Å². The van der Waals surface area contributed by atoms with Crippen molar-refractivity contribution in [1.82, 2.24) is 20.5 Å². The number of fused-ring (bicyclic) bond motifs is 1. The van der Waals surface area contributed by atoms with E-state index < -0.39 is 16.9 Å². The van der Waals surface area contributed by atoms with Gasteiger partial charge in [-0.15, -0.1) is 0 Å². The van der Waals surface area contributed by atoms with Crippen LogP contribution in [0.15, 0.2) is 9.73 Å². The second-order valence-electron chi connectivity index (χ2n) is 6.21. The maximum absolute atomic E-state index is 11.9. The molecule has 10 nitrogen and oxygen atoms in total. The summed E-state index contributed by atoms with van der Waals surface area (Å²) in [6.45, 7) is 3.71. The van der Waals surface area contributed by atoms with Crippen LogP contribution in [0.3, 0.4) is 0 Å². The molecule has 1 atom stereocenters. The molecular formula is C13H18N6O4S2. The first-order valence-electron chi connectivity index (χ1n) is 7.64. The Morgan fingerprint density at radius 3 is 3.04 bits per heavy atom. The lowest BCUT2D eigenvalue weighted by Crippen LogP contribution is -2.55. The summed E-state index contributed by atoms with van der Waals surface area (Å²) in [6.07, 6.45) is 1.05. The second-order valence-corrected chi connectivity index (χ2v) is 8.50. The molecule has 12 heteroatoms. The second kappa shape index (κ2) is 6.42. The average molecular weight is 386 g/mol. The van der Waals surface area contributed by atoms with Crippen molar-refractivity contribution >= 4 is 40.0 Å². The number of hydrogen-bond donors (Lipinski definition) is 2. The van der Waals surface area contributed by atoms with Gasteiger partial charge in [-0.1, -0.05) is 24.0 Å². The van der Waals surface area contributed by atoms with Gasteiger partial charge in [-0.05, 0) is 31.6 Å². The molecule has 1 saturated heterocycles. The van der Waals surface area contributed by atoms with E-state index in [1.165, 1.54) is 23.8 Å². The molecule has 2 aliphatic rings.